The van der Waals surface area contributed by atoms with Gasteiger partial charge in [0.05, 0.1) is 17.0 Å². The molecular weight excluding hydrogens is 363 g/mol. The number of halogens is 3. The lowest BCUT2D eigenvalue weighted by Gasteiger charge is -2.08. The molecular formula is C18H14F3N3OS. The van der Waals surface area contributed by atoms with Crippen LogP contribution < -0.4 is 5.32 Å². The summed E-state index contributed by atoms with van der Waals surface area (Å²) in [6, 6.07) is 9.92. The van der Waals surface area contributed by atoms with E-state index in [0.29, 0.717) is 12.1 Å². The predicted molar refractivity (Wildman–Crippen MR) is 93.7 cm³/mol. The second kappa shape index (κ2) is 7.65. The Balaban J connectivity index is 1.54. The second-order valence-electron chi connectivity index (χ2n) is 5.48. The van der Waals surface area contributed by atoms with Gasteiger partial charge in [0.15, 0.2) is 0 Å². The van der Waals surface area contributed by atoms with Gasteiger partial charge in [0.1, 0.15) is 5.01 Å². The summed E-state index contributed by atoms with van der Waals surface area (Å²) in [4.78, 5) is 20.6. The quantitative estimate of drug-likeness (QED) is 0.695. The topological polar surface area (TPSA) is 54.9 Å². The number of anilines is 1. The van der Waals surface area contributed by atoms with Gasteiger partial charge in [-0.25, -0.2) is 4.98 Å². The van der Waals surface area contributed by atoms with Gasteiger partial charge in [0.25, 0.3) is 0 Å². The Labute approximate surface area is 151 Å². The van der Waals surface area contributed by atoms with E-state index >= 15 is 0 Å². The molecule has 0 spiro atoms. The zero-order chi connectivity index (χ0) is 18.6. The van der Waals surface area contributed by atoms with Gasteiger partial charge in [-0.15, -0.1) is 11.3 Å². The number of pyridine rings is 1. The van der Waals surface area contributed by atoms with Crippen LogP contribution in [0.1, 0.15) is 17.7 Å². The van der Waals surface area contributed by atoms with E-state index < -0.39 is 11.7 Å². The van der Waals surface area contributed by atoms with Crippen molar-refractivity contribution in [2.75, 3.05) is 5.32 Å². The maximum absolute atomic E-state index is 12.5. The summed E-state index contributed by atoms with van der Waals surface area (Å²) in [6.07, 6.45) is -2.07. The molecule has 1 N–H and O–H groups in total. The second-order valence-corrected chi connectivity index (χ2v) is 6.34. The molecule has 0 bridgehead atoms. The molecule has 0 atom stereocenters. The van der Waals surface area contributed by atoms with E-state index in [4.69, 9.17) is 0 Å². The number of nitrogens with one attached hydrogen (secondary N) is 1. The molecule has 0 radical (unpaired) electrons. The summed E-state index contributed by atoms with van der Waals surface area (Å²) in [6.45, 7) is 0. The third-order valence-corrected chi connectivity index (χ3v) is 4.45. The molecule has 26 heavy (non-hydrogen) atoms. The maximum Gasteiger partial charge on any atom is 0.416 e. The average Bonchev–Trinajstić information content (AvgIpc) is 3.09. The van der Waals surface area contributed by atoms with Gasteiger partial charge in [-0.1, -0.05) is 6.07 Å². The smallest absolute Gasteiger partial charge is 0.326 e. The summed E-state index contributed by atoms with van der Waals surface area (Å²) in [7, 11) is 0. The molecule has 0 aliphatic heterocycles. The minimum Gasteiger partial charge on any atom is -0.326 e. The van der Waals surface area contributed by atoms with Crippen LogP contribution in [0.15, 0.2) is 54.0 Å². The Morgan fingerprint density at radius 1 is 1.12 bits per heavy atom. The number of amides is 1. The Kier molecular flexibility index (Phi) is 5.32. The van der Waals surface area contributed by atoms with Crippen LogP contribution in [0, 0.1) is 0 Å². The van der Waals surface area contributed by atoms with Crippen molar-refractivity contribution in [3.8, 4) is 10.7 Å². The van der Waals surface area contributed by atoms with Gasteiger partial charge >= 0.3 is 6.18 Å². The van der Waals surface area contributed by atoms with Crippen molar-refractivity contribution in [1.82, 2.24) is 9.97 Å². The first-order valence-corrected chi connectivity index (χ1v) is 8.63. The first-order valence-electron chi connectivity index (χ1n) is 7.75. The lowest BCUT2D eigenvalue weighted by molar-refractivity contribution is -0.137. The summed E-state index contributed by atoms with van der Waals surface area (Å²) in [5.74, 6) is -0.280. The Morgan fingerprint density at radius 2 is 1.88 bits per heavy atom. The molecule has 3 rings (SSSR count). The van der Waals surface area contributed by atoms with Crippen LogP contribution in [-0.2, 0) is 17.4 Å². The van der Waals surface area contributed by atoms with Crippen LogP contribution in [0.5, 0.6) is 0 Å². The van der Waals surface area contributed by atoms with E-state index in [9.17, 15) is 18.0 Å². The highest BCUT2D eigenvalue weighted by Crippen LogP contribution is 2.29. The third-order valence-electron chi connectivity index (χ3n) is 3.54. The minimum atomic E-state index is -4.39. The Morgan fingerprint density at radius 3 is 2.54 bits per heavy atom. The van der Waals surface area contributed by atoms with Crippen LogP contribution in [0.3, 0.4) is 0 Å². The standard InChI is InChI=1S/C18H14F3N3OS/c19-18(20,21)12-4-6-13(7-5-12)23-16(25)9-8-14-11-26-17(24-14)15-3-1-2-10-22-15/h1-7,10-11H,8-9H2,(H,23,25). The van der Waals surface area contributed by atoms with Crippen molar-refractivity contribution in [1.29, 1.82) is 0 Å². The summed E-state index contributed by atoms with van der Waals surface area (Å²) < 4.78 is 37.6. The highest BCUT2D eigenvalue weighted by Gasteiger charge is 2.29. The molecule has 0 saturated heterocycles. The van der Waals surface area contributed by atoms with Crippen molar-refractivity contribution in [2.24, 2.45) is 0 Å². The predicted octanol–water partition coefficient (Wildman–Crippen LogP) is 4.80. The first kappa shape index (κ1) is 18.1. The van der Waals surface area contributed by atoms with E-state index in [2.05, 4.69) is 15.3 Å². The molecule has 8 heteroatoms. The largest absolute Gasteiger partial charge is 0.416 e. The molecule has 0 unspecified atom stereocenters. The molecule has 2 heterocycles. The number of carbonyl (C=O) groups is 1. The van der Waals surface area contributed by atoms with Crippen LogP contribution in [0.2, 0.25) is 0 Å². The van der Waals surface area contributed by atoms with E-state index in [1.165, 1.54) is 23.5 Å². The fraction of sp³-hybridized carbons (Fsp3) is 0.167. The number of hydrogen-bond acceptors (Lipinski definition) is 4. The van der Waals surface area contributed by atoms with Gasteiger partial charge in [-0.05, 0) is 42.8 Å². The molecule has 1 amide bonds. The van der Waals surface area contributed by atoms with E-state index in [-0.39, 0.29) is 12.3 Å². The molecule has 134 valence electrons. The van der Waals surface area contributed by atoms with Crippen molar-refractivity contribution < 1.29 is 18.0 Å². The lowest BCUT2D eigenvalue weighted by Crippen LogP contribution is -2.13. The van der Waals surface area contributed by atoms with Crippen LogP contribution in [0.25, 0.3) is 10.7 Å². The number of aromatic nitrogens is 2. The molecule has 1 aromatic carbocycles. The summed E-state index contributed by atoms with van der Waals surface area (Å²) in [5.41, 5.74) is 1.13. The molecule has 4 nitrogen and oxygen atoms in total. The fourth-order valence-corrected chi connectivity index (χ4v) is 3.07. The molecule has 3 aromatic rings. The van der Waals surface area contributed by atoms with Crippen molar-refractivity contribution in [3.63, 3.8) is 0 Å². The number of thiazole rings is 1. The molecule has 0 saturated carbocycles. The number of hydrogen-bond donors (Lipinski definition) is 1. The van der Waals surface area contributed by atoms with E-state index in [0.717, 1.165) is 28.5 Å². The zero-order valence-electron chi connectivity index (χ0n) is 13.5. The average molecular weight is 377 g/mol. The highest BCUT2D eigenvalue weighted by molar-refractivity contribution is 7.13. The number of alkyl halides is 3. The third kappa shape index (κ3) is 4.66. The fourth-order valence-electron chi connectivity index (χ4n) is 2.24. The van der Waals surface area contributed by atoms with Gasteiger partial charge in [-0.3, -0.25) is 9.78 Å². The first-order chi connectivity index (χ1) is 12.4. The van der Waals surface area contributed by atoms with E-state index in [1.807, 2.05) is 23.6 Å². The van der Waals surface area contributed by atoms with Crippen LogP contribution in [-0.4, -0.2) is 15.9 Å². The number of rotatable bonds is 5. The number of carbonyl (C=O) groups excluding carboxylic acids is 1. The molecule has 0 fully saturated rings. The van der Waals surface area contributed by atoms with Gasteiger partial charge in [-0.2, -0.15) is 13.2 Å². The van der Waals surface area contributed by atoms with Crippen LogP contribution in [0.4, 0.5) is 18.9 Å². The van der Waals surface area contributed by atoms with Gasteiger partial charge in [0.2, 0.25) is 5.91 Å². The van der Waals surface area contributed by atoms with Crippen LogP contribution >= 0.6 is 11.3 Å². The SMILES string of the molecule is O=C(CCc1csc(-c2ccccn2)n1)Nc1ccc(C(F)(F)F)cc1. The van der Waals surface area contributed by atoms with E-state index in [1.54, 1.807) is 6.20 Å². The summed E-state index contributed by atoms with van der Waals surface area (Å²) in [5, 5.41) is 5.24. The van der Waals surface area contributed by atoms with Gasteiger partial charge in [0, 0.05) is 23.7 Å². The number of aryl methyl sites for hydroxylation is 1. The Bertz CT molecular complexity index is 877. The Hall–Kier alpha value is -2.74. The molecule has 0 aliphatic carbocycles. The highest BCUT2D eigenvalue weighted by atomic mass is 32.1. The lowest BCUT2D eigenvalue weighted by atomic mass is 10.2. The van der Waals surface area contributed by atoms with Crippen molar-refractivity contribution in [2.45, 2.75) is 19.0 Å². The minimum absolute atomic E-state index is 0.187. The number of nitrogens with zero attached hydrogens (tertiary/aromatic N) is 2. The number of benzene rings is 1. The van der Waals surface area contributed by atoms with Crippen molar-refractivity contribution >= 4 is 22.9 Å². The zero-order valence-corrected chi connectivity index (χ0v) is 14.3. The van der Waals surface area contributed by atoms with Crippen molar-refractivity contribution in [3.05, 3.63) is 65.3 Å². The normalized spacial score (nSPS) is 11.3. The molecule has 0 aliphatic rings. The monoisotopic (exact) mass is 377 g/mol. The van der Waals surface area contributed by atoms with Gasteiger partial charge < -0.3 is 5.32 Å². The molecule has 2 aromatic heterocycles. The maximum atomic E-state index is 12.5. The summed E-state index contributed by atoms with van der Waals surface area (Å²) >= 11 is 1.45.